The van der Waals surface area contributed by atoms with Crippen molar-refractivity contribution in [2.24, 2.45) is 5.41 Å². The van der Waals surface area contributed by atoms with Crippen molar-refractivity contribution in [2.45, 2.75) is 39.2 Å². The molecule has 1 aliphatic heterocycles. The highest BCUT2D eigenvalue weighted by molar-refractivity contribution is 5.94. The smallest absolute Gasteiger partial charge is 0.414 e. The second-order valence-electron chi connectivity index (χ2n) is 6.31. The molecule has 1 aromatic rings. The number of rotatable bonds is 1. The van der Waals surface area contributed by atoms with Gasteiger partial charge in [-0.25, -0.2) is 9.69 Å². The van der Waals surface area contributed by atoms with Crippen LogP contribution in [0.2, 0.25) is 0 Å². The van der Waals surface area contributed by atoms with Gasteiger partial charge in [-0.1, -0.05) is 32.9 Å². The molecule has 0 aromatic heterocycles. The topological polar surface area (TPSA) is 81.4 Å². The standard InChI is InChI=1S/C16H18N2O3/c1-15(2,3)16(9-8-13(19)18(16)14(20)21)12-6-4-11(10-17)5-7-12/h4-7H,8-9H2,1-3H3,(H,20,21). The molecule has 0 bridgehead atoms. The molecule has 1 atom stereocenters. The molecule has 1 unspecified atom stereocenters. The van der Waals surface area contributed by atoms with Crippen molar-refractivity contribution in [3.8, 4) is 6.07 Å². The van der Waals surface area contributed by atoms with E-state index < -0.39 is 17.0 Å². The van der Waals surface area contributed by atoms with Crippen LogP contribution in [-0.2, 0) is 10.3 Å². The lowest BCUT2D eigenvalue weighted by Crippen LogP contribution is -2.54. The van der Waals surface area contributed by atoms with Crippen molar-refractivity contribution < 1.29 is 14.7 Å². The van der Waals surface area contributed by atoms with Gasteiger partial charge in [0.2, 0.25) is 5.91 Å². The Kier molecular flexibility index (Phi) is 3.50. The fraction of sp³-hybridized carbons (Fsp3) is 0.438. The van der Waals surface area contributed by atoms with E-state index in [1.165, 1.54) is 0 Å². The van der Waals surface area contributed by atoms with Crippen LogP contribution in [0.3, 0.4) is 0 Å². The van der Waals surface area contributed by atoms with Gasteiger partial charge in [-0.05, 0) is 29.5 Å². The molecule has 0 aliphatic carbocycles. The molecular weight excluding hydrogens is 268 g/mol. The van der Waals surface area contributed by atoms with Crippen molar-refractivity contribution >= 4 is 12.0 Å². The van der Waals surface area contributed by atoms with Crippen molar-refractivity contribution in [1.82, 2.24) is 4.90 Å². The zero-order valence-electron chi connectivity index (χ0n) is 12.4. The van der Waals surface area contributed by atoms with Crippen LogP contribution in [0.4, 0.5) is 4.79 Å². The lowest BCUT2D eigenvalue weighted by molar-refractivity contribution is -0.131. The number of hydrogen-bond donors (Lipinski definition) is 1. The molecular formula is C16H18N2O3. The van der Waals surface area contributed by atoms with Crippen LogP contribution in [0.25, 0.3) is 0 Å². The summed E-state index contributed by atoms with van der Waals surface area (Å²) in [6.07, 6.45) is -0.561. The van der Waals surface area contributed by atoms with E-state index in [2.05, 4.69) is 0 Å². The molecule has 1 fully saturated rings. The monoisotopic (exact) mass is 286 g/mol. The first kappa shape index (κ1) is 15.0. The van der Waals surface area contributed by atoms with Gasteiger partial charge in [0.25, 0.3) is 0 Å². The summed E-state index contributed by atoms with van der Waals surface area (Å²) >= 11 is 0. The Morgan fingerprint density at radius 3 is 2.33 bits per heavy atom. The van der Waals surface area contributed by atoms with Crippen LogP contribution < -0.4 is 0 Å². The number of imide groups is 1. The first-order chi connectivity index (χ1) is 9.74. The van der Waals surface area contributed by atoms with Gasteiger partial charge in [-0.15, -0.1) is 0 Å². The van der Waals surface area contributed by atoms with Gasteiger partial charge in [0.05, 0.1) is 17.2 Å². The Balaban J connectivity index is 2.66. The van der Waals surface area contributed by atoms with Gasteiger partial charge in [-0.2, -0.15) is 5.26 Å². The van der Waals surface area contributed by atoms with Crippen LogP contribution in [0, 0.1) is 16.7 Å². The maximum Gasteiger partial charge on any atom is 0.414 e. The van der Waals surface area contributed by atoms with E-state index in [4.69, 9.17) is 5.26 Å². The summed E-state index contributed by atoms with van der Waals surface area (Å²) in [5.74, 6) is -0.373. The van der Waals surface area contributed by atoms with Crippen molar-refractivity contribution in [3.05, 3.63) is 35.4 Å². The number of nitrogens with zero attached hydrogens (tertiary/aromatic N) is 2. The molecule has 110 valence electrons. The predicted octanol–water partition coefficient (Wildman–Crippen LogP) is 3.10. The number of carboxylic acid groups (broad SMARTS) is 1. The number of carbonyl (C=O) groups is 2. The molecule has 0 radical (unpaired) electrons. The van der Waals surface area contributed by atoms with Crippen molar-refractivity contribution in [1.29, 1.82) is 5.26 Å². The number of amides is 2. The molecule has 5 heteroatoms. The van der Waals surface area contributed by atoms with Crippen molar-refractivity contribution in [2.75, 3.05) is 0 Å². The predicted molar refractivity (Wildman–Crippen MR) is 76.4 cm³/mol. The SMILES string of the molecule is CC(C)(C)C1(c2ccc(C#N)cc2)CCC(=O)N1C(=O)O. The largest absolute Gasteiger partial charge is 0.465 e. The Labute approximate surface area is 123 Å². The summed E-state index contributed by atoms with van der Waals surface area (Å²) in [5.41, 5.74) is -0.0912. The molecule has 0 spiro atoms. The van der Waals surface area contributed by atoms with Crippen LogP contribution in [0.15, 0.2) is 24.3 Å². The lowest BCUT2D eigenvalue weighted by atomic mass is 9.67. The van der Waals surface area contributed by atoms with E-state index >= 15 is 0 Å². The third kappa shape index (κ3) is 2.17. The summed E-state index contributed by atoms with van der Waals surface area (Å²) in [4.78, 5) is 24.7. The van der Waals surface area contributed by atoms with Gasteiger partial charge in [-0.3, -0.25) is 4.79 Å². The first-order valence-corrected chi connectivity index (χ1v) is 6.80. The second kappa shape index (κ2) is 4.88. The third-order valence-electron chi connectivity index (χ3n) is 4.26. The fourth-order valence-corrected chi connectivity index (χ4v) is 3.23. The van der Waals surface area contributed by atoms with Gasteiger partial charge in [0, 0.05) is 6.42 Å². The van der Waals surface area contributed by atoms with E-state index in [-0.39, 0.29) is 12.3 Å². The Hall–Kier alpha value is -2.35. The van der Waals surface area contributed by atoms with Crippen LogP contribution in [0.1, 0.15) is 44.7 Å². The average molecular weight is 286 g/mol. The number of likely N-dealkylation sites (tertiary alicyclic amines) is 1. The van der Waals surface area contributed by atoms with E-state index in [1.807, 2.05) is 26.8 Å². The Morgan fingerprint density at radius 2 is 1.90 bits per heavy atom. The Bertz CT molecular complexity index is 622. The van der Waals surface area contributed by atoms with Gasteiger partial charge in [0.1, 0.15) is 0 Å². The number of carbonyl (C=O) groups excluding carboxylic acids is 1. The summed E-state index contributed by atoms with van der Waals surface area (Å²) in [6, 6.07) is 8.86. The Morgan fingerprint density at radius 1 is 1.33 bits per heavy atom. The first-order valence-electron chi connectivity index (χ1n) is 6.80. The number of nitriles is 1. The fourth-order valence-electron chi connectivity index (χ4n) is 3.23. The van der Waals surface area contributed by atoms with Gasteiger partial charge in [0.15, 0.2) is 0 Å². The van der Waals surface area contributed by atoms with E-state index in [9.17, 15) is 14.7 Å². The minimum Gasteiger partial charge on any atom is -0.465 e. The average Bonchev–Trinajstić information content (AvgIpc) is 2.77. The normalized spacial score (nSPS) is 22.2. The van der Waals surface area contributed by atoms with E-state index in [0.717, 1.165) is 10.5 Å². The molecule has 1 saturated heterocycles. The summed E-state index contributed by atoms with van der Waals surface area (Å²) in [5, 5.41) is 18.4. The molecule has 5 nitrogen and oxygen atoms in total. The van der Waals surface area contributed by atoms with Gasteiger partial charge < -0.3 is 5.11 Å². The minimum absolute atomic E-state index is 0.212. The zero-order valence-corrected chi connectivity index (χ0v) is 12.4. The number of benzene rings is 1. The molecule has 2 rings (SSSR count). The van der Waals surface area contributed by atoms with E-state index in [0.29, 0.717) is 12.0 Å². The third-order valence-corrected chi connectivity index (χ3v) is 4.26. The molecule has 2 amide bonds. The van der Waals surface area contributed by atoms with Crippen LogP contribution >= 0.6 is 0 Å². The quantitative estimate of drug-likeness (QED) is 0.860. The molecule has 1 N–H and O–H groups in total. The van der Waals surface area contributed by atoms with Crippen LogP contribution in [-0.4, -0.2) is 22.0 Å². The summed E-state index contributed by atoms with van der Waals surface area (Å²) < 4.78 is 0. The summed E-state index contributed by atoms with van der Waals surface area (Å²) in [6.45, 7) is 5.79. The molecule has 1 heterocycles. The lowest BCUT2D eigenvalue weighted by Gasteiger charge is -2.46. The van der Waals surface area contributed by atoms with Crippen LogP contribution in [0.5, 0.6) is 0 Å². The maximum atomic E-state index is 12.1. The summed E-state index contributed by atoms with van der Waals surface area (Å²) in [7, 11) is 0. The highest BCUT2D eigenvalue weighted by atomic mass is 16.4. The van der Waals surface area contributed by atoms with Gasteiger partial charge >= 0.3 is 6.09 Å². The zero-order chi connectivity index (χ0) is 15.8. The molecule has 0 saturated carbocycles. The second-order valence-corrected chi connectivity index (χ2v) is 6.31. The van der Waals surface area contributed by atoms with Crippen molar-refractivity contribution in [3.63, 3.8) is 0 Å². The molecule has 1 aromatic carbocycles. The highest BCUT2D eigenvalue weighted by Crippen LogP contribution is 2.51. The minimum atomic E-state index is -1.23. The number of hydrogen-bond acceptors (Lipinski definition) is 3. The maximum absolute atomic E-state index is 12.1. The molecule has 21 heavy (non-hydrogen) atoms. The molecule has 1 aliphatic rings. The van der Waals surface area contributed by atoms with E-state index in [1.54, 1.807) is 24.3 Å². The highest BCUT2D eigenvalue weighted by Gasteiger charge is 2.56.